The summed E-state index contributed by atoms with van der Waals surface area (Å²) in [5.74, 6) is 0.705. The minimum absolute atomic E-state index is 0.0146. The van der Waals surface area contributed by atoms with Gasteiger partial charge in [0, 0.05) is 12.1 Å². The maximum absolute atomic E-state index is 5.90. The number of fused-ring (bicyclic) bond motifs is 1. The van der Waals surface area contributed by atoms with Crippen molar-refractivity contribution >= 4 is 5.82 Å². The minimum atomic E-state index is 0.0146. The zero-order chi connectivity index (χ0) is 10.3. The largest absolute Gasteiger partial charge is 0.382 e. The molecule has 2 rings (SSSR count). The summed E-state index contributed by atoms with van der Waals surface area (Å²) in [7, 11) is 0. The summed E-state index contributed by atoms with van der Waals surface area (Å²) in [5, 5.41) is 7.77. The minimum Gasteiger partial charge on any atom is -0.382 e. The van der Waals surface area contributed by atoms with Crippen molar-refractivity contribution in [1.29, 1.82) is 0 Å². The second kappa shape index (κ2) is 2.98. The first kappa shape index (κ1) is 9.52. The molecule has 0 bridgehead atoms. The summed E-state index contributed by atoms with van der Waals surface area (Å²) in [5.41, 5.74) is 8.40. The van der Waals surface area contributed by atoms with Crippen molar-refractivity contribution in [2.75, 3.05) is 12.3 Å². The fraction of sp³-hybridized carbons (Fsp3) is 0.700. The van der Waals surface area contributed by atoms with Crippen molar-refractivity contribution in [3.63, 3.8) is 0 Å². The molecule has 14 heavy (non-hydrogen) atoms. The Bertz CT molecular complexity index is 346. The van der Waals surface area contributed by atoms with Gasteiger partial charge in [-0.25, -0.2) is 0 Å². The van der Waals surface area contributed by atoms with Gasteiger partial charge in [0.05, 0.1) is 11.2 Å². The highest BCUT2D eigenvalue weighted by molar-refractivity contribution is 5.44. The van der Waals surface area contributed by atoms with E-state index in [1.165, 1.54) is 11.3 Å². The van der Waals surface area contributed by atoms with Crippen LogP contribution in [0.3, 0.4) is 0 Å². The lowest BCUT2D eigenvalue weighted by Crippen LogP contribution is -2.31. The lowest BCUT2D eigenvalue weighted by atomic mass is 10.1. The molecule has 4 nitrogen and oxygen atoms in total. The highest BCUT2D eigenvalue weighted by Gasteiger charge is 2.24. The van der Waals surface area contributed by atoms with Gasteiger partial charge >= 0.3 is 0 Å². The van der Waals surface area contributed by atoms with Gasteiger partial charge in [-0.3, -0.25) is 4.68 Å². The second-order valence-electron chi connectivity index (χ2n) is 4.82. The molecule has 4 heteroatoms. The highest BCUT2D eigenvalue weighted by Crippen LogP contribution is 2.25. The molecule has 0 aliphatic carbocycles. The van der Waals surface area contributed by atoms with Crippen LogP contribution in [0.2, 0.25) is 0 Å². The van der Waals surface area contributed by atoms with Crippen LogP contribution in [-0.4, -0.2) is 16.3 Å². The fourth-order valence-corrected chi connectivity index (χ4v) is 1.93. The number of hydrogen-bond donors (Lipinski definition) is 2. The van der Waals surface area contributed by atoms with Gasteiger partial charge in [0.15, 0.2) is 0 Å². The first-order valence-corrected chi connectivity index (χ1v) is 5.07. The first-order chi connectivity index (χ1) is 6.50. The Kier molecular flexibility index (Phi) is 2.03. The van der Waals surface area contributed by atoms with E-state index in [1.807, 2.05) is 4.68 Å². The predicted molar refractivity (Wildman–Crippen MR) is 57.0 cm³/mol. The van der Waals surface area contributed by atoms with E-state index in [0.29, 0.717) is 5.82 Å². The van der Waals surface area contributed by atoms with Crippen molar-refractivity contribution in [2.45, 2.75) is 39.3 Å². The van der Waals surface area contributed by atoms with Gasteiger partial charge in [0.1, 0.15) is 5.82 Å². The molecule has 3 N–H and O–H groups in total. The standard InChI is InChI=1S/C10H18N4/c1-10(2,3)14-8-6-12-5-4-7(8)9(11)13-14/h12H,4-6H2,1-3H3,(H2,11,13). The lowest BCUT2D eigenvalue weighted by molar-refractivity contribution is 0.338. The molecule has 0 atom stereocenters. The van der Waals surface area contributed by atoms with Crippen LogP contribution in [0.4, 0.5) is 5.82 Å². The molecular weight excluding hydrogens is 176 g/mol. The lowest BCUT2D eigenvalue weighted by Gasteiger charge is -2.24. The summed E-state index contributed by atoms with van der Waals surface area (Å²) < 4.78 is 2.05. The number of anilines is 1. The second-order valence-corrected chi connectivity index (χ2v) is 4.82. The van der Waals surface area contributed by atoms with Crippen LogP contribution in [-0.2, 0) is 18.5 Å². The van der Waals surface area contributed by atoms with Crippen LogP contribution in [0.25, 0.3) is 0 Å². The molecule has 1 aromatic rings. The van der Waals surface area contributed by atoms with Gasteiger partial charge in [-0.15, -0.1) is 0 Å². The third kappa shape index (κ3) is 1.39. The molecule has 1 aliphatic rings. The van der Waals surface area contributed by atoms with E-state index in [2.05, 4.69) is 31.2 Å². The Balaban J connectivity index is 2.52. The van der Waals surface area contributed by atoms with Crippen LogP contribution < -0.4 is 11.1 Å². The average Bonchev–Trinajstić information content (AvgIpc) is 2.44. The van der Waals surface area contributed by atoms with Gasteiger partial charge in [0.2, 0.25) is 0 Å². The quantitative estimate of drug-likeness (QED) is 0.644. The predicted octanol–water partition coefficient (Wildman–Crippen LogP) is 0.866. The third-order valence-electron chi connectivity index (χ3n) is 2.60. The zero-order valence-electron chi connectivity index (χ0n) is 9.09. The molecule has 0 saturated carbocycles. The number of nitrogens with one attached hydrogen (secondary N) is 1. The summed E-state index contributed by atoms with van der Waals surface area (Å²) in [6.07, 6.45) is 0.997. The number of nitrogens with two attached hydrogens (primary N) is 1. The molecule has 0 unspecified atom stereocenters. The van der Waals surface area contributed by atoms with E-state index in [0.717, 1.165) is 19.5 Å². The average molecular weight is 194 g/mol. The SMILES string of the molecule is CC(C)(C)n1nc(N)c2c1CNCC2. The smallest absolute Gasteiger partial charge is 0.149 e. The topological polar surface area (TPSA) is 55.9 Å². The van der Waals surface area contributed by atoms with E-state index in [-0.39, 0.29) is 5.54 Å². The Morgan fingerprint density at radius 3 is 2.79 bits per heavy atom. The number of aromatic nitrogens is 2. The molecule has 2 heterocycles. The molecule has 0 radical (unpaired) electrons. The third-order valence-corrected chi connectivity index (χ3v) is 2.60. The normalized spacial score (nSPS) is 16.8. The van der Waals surface area contributed by atoms with Gasteiger partial charge in [-0.05, 0) is 33.7 Å². The molecule has 0 saturated heterocycles. The molecule has 78 valence electrons. The molecule has 0 fully saturated rings. The number of hydrogen-bond acceptors (Lipinski definition) is 3. The number of nitrogen functional groups attached to an aromatic ring is 1. The first-order valence-electron chi connectivity index (χ1n) is 5.07. The molecule has 1 aromatic heterocycles. The molecule has 1 aliphatic heterocycles. The Labute approximate surface area is 84.5 Å². The summed E-state index contributed by atoms with van der Waals surface area (Å²) in [6, 6.07) is 0. The van der Waals surface area contributed by atoms with Crippen LogP contribution in [0.15, 0.2) is 0 Å². The van der Waals surface area contributed by atoms with Crippen molar-refractivity contribution < 1.29 is 0 Å². The van der Waals surface area contributed by atoms with Crippen molar-refractivity contribution in [2.24, 2.45) is 0 Å². The number of nitrogens with zero attached hydrogens (tertiary/aromatic N) is 2. The van der Waals surface area contributed by atoms with Gasteiger partial charge in [0.25, 0.3) is 0 Å². The van der Waals surface area contributed by atoms with Gasteiger partial charge in [-0.2, -0.15) is 5.10 Å². The monoisotopic (exact) mass is 194 g/mol. The molecule has 0 spiro atoms. The molecule has 0 aromatic carbocycles. The maximum Gasteiger partial charge on any atom is 0.149 e. The Hall–Kier alpha value is -1.03. The van der Waals surface area contributed by atoms with E-state index in [9.17, 15) is 0 Å². The maximum atomic E-state index is 5.90. The van der Waals surface area contributed by atoms with Gasteiger partial charge in [-0.1, -0.05) is 0 Å². The van der Waals surface area contributed by atoms with Crippen LogP contribution in [0, 0.1) is 0 Å². The fourth-order valence-electron chi connectivity index (χ4n) is 1.93. The van der Waals surface area contributed by atoms with Crippen LogP contribution in [0.5, 0.6) is 0 Å². The van der Waals surface area contributed by atoms with Crippen LogP contribution >= 0.6 is 0 Å². The summed E-state index contributed by atoms with van der Waals surface area (Å²) in [6.45, 7) is 8.33. The van der Waals surface area contributed by atoms with Crippen molar-refractivity contribution in [3.8, 4) is 0 Å². The zero-order valence-corrected chi connectivity index (χ0v) is 9.09. The van der Waals surface area contributed by atoms with E-state index in [4.69, 9.17) is 5.73 Å². The van der Waals surface area contributed by atoms with E-state index in [1.54, 1.807) is 0 Å². The summed E-state index contributed by atoms with van der Waals surface area (Å²) in [4.78, 5) is 0. The summed E-state index contributed by atoms with van der Waals surface area (Å²) >= 11 is 0. The van der Waals surface area contributed by atoms with Gasteiger partial charge < -0.3 is 11.1 Å². The Morgan fingerprint density at radius 2 is 2.14 bits per heavy atom. The number of rotatable bonds is 0. The molecular formula is C10H18N4. The van der Waals surface area contributed by atoms with Crippen LogP contribution in [0.1, 0.15) is 32.0 Å². The Morgan fingerprint density at radius 1 is 1.43 bits per heavy atom. The van der Waals surface area contributed by atoms with Crippen molar-refractivity contribution in [3.05, 3.63) is 11.3 Å². The molecule has 0 amide bonds. The van der Waals surface area contributed by atoms with E-state index >= 15 is 0 Å². The highest BCUT2D eigenvalue weighted by atomic mass is 15.3. The van der Waals surface area contributed by atoms with Crippen molar-refractivity contribution in [1.82, 2.24) is 15.1 Å². The van der Waals surface area contributed by atoms with E-state index < -0.39 is 0 Å².